The number of amides is 2. The number of halogens is 2. The molecule has 1 N–H and O–H groups in total. The number of carbonyl (C=O) groups excluding carboxylic acids is 2. The number of benzene rings is 2. The van der Waals surface area contributed by atoms with Crippen LogP contribution < -0.4 is 10.2 Å². The molecule has 0 radical (unpaired) electrons. The van der Waals surface area contributed by atoms with Crippen LogP contribution in [0.15, 0.2) is 42.5 Å². The van der Waals surface area contributed by atoms with Gasteiger partial charge in [-0.05, 0) is 36.4 Å². The predicted molar refractivity (Wildman–Crippen MR) is 105 cm³/mol. The minimum absolute atomic E-state index is 0.0255. The number of nitrogens with one attached hydrogen (secondary N) is 1. The first-order chi connectivity index (χ1) is 13.5. The van der Waals surface area contributed by atoms with E-state index in [1.54, 1.807) is 29.2 Å². The fourth-order valence-electron chi connectivity index (χ4n) is 3.01. The summed E-state index contributed by atoms with van der Waals surface area (Å²) in [6.45, 7) is 2.60. The smallest absolute Gasteiger partial charge is 0.337 e. The molecule has 148 valence electrons. The van der Waals surface area contributed by atoms with E-state index in [1.807, 2.05) is 0 Å². The highest BCUT2D eigenvalue weighted by atomic mass is 35.5. The van der Waals surface area contributed by atoms with Crippen molar-refractivity contribution in [2.24, 2.45) is 0 Å². The van der Waals surface area contributed by atoms with Crippen molar-refractivity contribution in [2.45, 2.75) is 6.54 Å². The van der Waals surface area contributed by atoms with Gasteiger partial charge in [0.25, 0.3) is 0 Å². The second-order valence-corrected chi connectivity index (χ2v) is 6.82. The minimum atomic E-state index is -0.614. The molecular weight excluding hydrogens is 385 g/mol. The third kappa shape index (κ3) is 4.61. The van der Waals surface area contributed by atoms with Gasteiger partial charge < -0.3 is 15.0 Å². The highest BCUT2D eigenvalue weighted by Crippen LogP contribution is 2.23. The molecule has 3 rings (SSSR count). The molecule has 1 aliphatic heterocycles. The van der Waals surface area contributed by atoms with E-state index in [9.17, 15) is 14.0 Å². The molecule has 0 atom stereocenters. The van der Waals surface area contributed by atoms with Gasteiger partial charge in [-0.3, -0.25) is 4.90 Å². The Morgan fingerprint density at radius 3 is 2.46 bits per heavy atom. The lowest BCUT2D eigenvalue weighted by atomic mass is 10.1. The summed E-state index contributed by atoms with van der Waals surface area (Å²) in [6.07, 6.45) is 0. The van der Waals surface area contributed by atoms with Crippen molar-refractivity contribution in [1.82, 2.24) is 10.2 Å². The predicted octanol–water partition coefficient (Wildman–Crippen LogP) is 3.30. The summed E-state index contributed by atoms with van der Waals surface area (Å²) < 4.78 is 19.2. The average molecular weight is 406 g/mol. The van der Waals surface area contributed by atoms with Gasteiger partial charge in [0, 0.05) is 42.5 Å². The number of hydrogen-bond donors (Lipinski definition) is 1. The summed E-state index contributed by atoms with van der Waals surface area (Å²) in [5.74, 6) is -1.19. The number of carbonyl (C=O) groups is 2. The lowest BCUT2D eigenvalue weighted by Crippen LogP contribution is -2.51. The van der Waals surface area contributed by atoms with Crippen LogP contribution in [0.25, 0.3) is 0 Å². The number of nitrogens with zero attached hydrogens (tertiary/aromatic N) is 2. The Morgan fingerprint density at radius 1 is 1.18 bits per heavy atom. The van der Waals surface area contributed by atoms with Crippen molar-refractivity contribution >= 4 is 29.3 Å². The van der Waals surface area contributed by atoms with Crippen molar-refractivity contribution in [1.29, 1.82) is 0 Å². The third-order valence-electron chi connectivity index (χ3n) is 4.56. The number of methoxy groups -OCH3 is 1. The molecular formula is C20H21ClFN3O3. The largest absolute Gasteiger partial charge is 0.465 e. The van der Waals surface area contributed by atoms with Gasteiger partial charge in [0.15, 0.2) is 0 Å². The molecule has 1 saturated heterocycles. The number of hydrogen-bond acceptors (Lipinski definition) is 4. The van der Waals surface area contributed by atoms with Crippen LogP contribution in [0, 0.1) is 5.82 Å². The van der Waals surface area contributed by atoms with Crippen LogP contribution in [0.2, 0.25) is 5.02 Å². The van der Waals surface area contributed by atoms with Crippen molar-refractivity contribution in [3.63, 3.8) is 0 Å². The Bertz CT molecular complexity index is 854. The Hall–Kier alpha value is -2.64. The standard InChI is InChI=1S/C20H21ClFN3O3/c1-28-19(26)14-2-3-15(18(22)12-14)13-25(17-6-4-16(21)5-7-17)20(27)24-10-8-23-9-11-24/h2-7,12,23H,8-11,13H2,1H3. The van der Waals surface area contributed by atoms with Crippen LogP contribution in [0.3, 0.4) is 0 Å². The molecule has 8 heteroatoms. The van der Waals surface area contributed by atoms with Crippen molar-refractivity contribution < 1.29 is 18.7 Å². The van der Waals surface area contributed by atoms with E-state index in [2.05, 4.69) is 10.1 Å². The fourth-order valence-corrected chi connectivity index (χ4v) is 3.13. The van der Waals surface area contributed by atoms with Gasteiger partial charge in [-0.15, -0.1) is 0 Å². The molecule has 1 aliphatic rings. The van der Waals surface area contributed by atoms with Crippen LogP contribution in [-0.2, 0) is 11.3 Å². The summed E-state index contributed by atoms with van der Waals surface area (Å²) in [5.41, 5.74) is 1.03. The molecule has 6 nitrogen and oxygen atoms in total. The quantitative estimate of drug-likeness (QED) is 0.793. The monoisotopic (exact) mass is 405 g/mol. The Kier molecular flexibility index (Phi) is 6.49. The van der Waals surface area contributed by atoms with Gasteiger partial charge in [-0.25, -0.2) is 14.0 Å². The van der Waals surface area contributed by atoms with E-state index in [-0.39, 0.29) is 18.1 Å². The number of anilines is 1. The van der Waals surface area contributed by atoms with Gasteiger partial charge in [-0.2, -0.15) is 0 Å². The van der Waals surface area contributed by atoms with Crippen molar-refractivity contribution in [3.05, 3.63) is 64.4 Å². The van der Waals surface area contributed by atoms with E-state index in [4.69, 9.17) is 11.6 Å². The molecule has 0 unspecified atom stereocenters. The summed E-state index contributed by atoms with van der Waals surface area (Å²) in [7, 11) is 1.24. The zero-order valence-corrected chi connectivity index (χ0v) is 16.2. The first-order valence-corrected chi connectivity index (χ1v) is 9.27. The zero-order chi connectivity index (χ0) is 20.1. The van der Waals surface area contributed by atoms with E-state index in [0.29, 0.717) is 42.5 Å². The molecule has 2 aromatic carbocycles. The highest BCUT2D eigenvalue weighted by molar-refractivity contribution is 6.30. The fraction of sp³-hybridized carbons (Fsp3) is 0.300. The summed E-state index contributed by atoms with van der Waals surface area (Å²) >= 11 is 5.96. The SMILES string of the molecule is COC(=O)c1ccc(CN(C(=O)N2CCNCC2)c2ccc(Cl)cc2)c(F)c1. The Morgan fingerprint density at radius 2 is 1.86 bits per heavy atom. The maximum absolute atomic E-state index is 14.6. The number of esters is 1. The first kappa shape index (κ1) is 20.1. The number of ether oxygens (including phenoxy) is 1. The third-order valence-corrected chi connectivity index (χ3v) is 4.81. The second kappa shape index (κ2) is 9.03. The van der Waals surface area contributed by atoms with Gasteiger partial charge in [-0.1, -0.05) is 17.7 Å². The molecule has 1 heterocycles. The summed E-state index contributed by atoms with van der Waals surface area (Å²) in [4.78, 5) is 27.9. The lowest BCUT2D eigenvalue weighted by Gasteiger charge is -2.33. The topological polar surface area (TPSA) is 61.9 Å². The van der Waals surface area contributed by atoms with Crippen LogP contribution in [-0.4, -0.2) is 50.2 Å². The first-order valence-electron chi connectivity index (χ1n) is 8.89. The normalized spacial score (nSPS) is 13.9. The van der Waals surface area contributed by atoms with E-state index in [1.165, 1.54) is 24.1 Å². The van der Waals surface area contributed by atoms with Crippen LogP contribution in [0.1, 0.15) is 15.9 Å². The van der Waals surface area contributed by atoms with Crippen LogP contribution >= 0.6 is 11.6 Å². The molecule has 0 saturated carbocycles. The number of piperazine rings is 1. The second-order valence-electron chi connectivity index (χ2n) is 6.38. The molecule has 2 aromatic rings. The number of rotatable bonds is 4. The van der Waals surface area contributed by atoms with Crippen molar-refractivity contribution in [3.8, 4) is 0 Å². The highest BCUT2D eigenvalue weighted by Gasteiger charge is 2.25. The number of urea groups is 1. The average Bonchev–Trinajstić information content (AvgIpc) is 2.73. The van der Waals surface area contributed by atoms with Gasteiger partial charge in [0.2, 0.25) is 0 Å². The van der Waals surface area contributed by atoms with Gasteiger partial charge in [0.05, 0.1) is 19.2 Å². The van der Waals surface area contributed by atoms with E-state index < -0.39 is 11.8 Å². The maximum atomic E-state index is 14.6. The van der Waals surface area contributed by atoms with Crippen LogP contribution in [0.4, 0.5) is 14.9 Å². The van der Waals surface area contributed by atoms with E-state index >= 15 is 0 Å². The molecule has 0 aromatic heterocycles. The van der Waals surface area contributed by atoms with Gasteiger partial charge in [0.1, 0.15) is 5.82 Å². The Balaban J connectivity index is 1.89. The van der Waals surface area contributed by atoms with E-state index in [0.717, 1.165) is 6.07 Å². The molecule has 0 aliphatic carbocycles. The molecule has 1 fully saturated rings. The lowest BCUT2D eigenvalue weighted by molar-refractivity contribution is 0.0600. The minimum Gasteiger partial charge on any atom is -0.465 e. The maximum Gasteiger partial charge on any atom is 0.337 e. The molecule has 2 amide bonds. The molecule has 0 bridgehead atoms. The Labute approximate surface area is 167 Å². The van der Waals surface area contributed by atoms with Crippen LogP contribution in [0.5, 0.6) is 0 Å². The van der Waals surface area contributed by atoms with Crippen molar-refractivity contribution in [2.75, 3.05) is 38.2 Å². The zero-order valence-electron chi connectivity index (χ0n) is 15.5. The molecule has 0 spiro atoms. The summed E-state index contributed by atoms with van der Waals surface area (Å²) in [6, 6.07) is 10.7. The van der Waals surface area contributed by atoms with Gasteiger partial charge >= 0.3 is 12.0 Å². The molecule has 28 heavy (non-hydrogen) atoms. The summed E-state index contributed by atoms with van der Waals surface area (Å²) in [5, 5.41) is 3.75.